The highest BCUT2D eigenvalue weighted by Crippen LogP contribution is 2.26. The van der Waals surface area contributed by atoms with Crippen LogP contribution in [0.5, 0.6) is 0 Å². The molecule has 1 aromatic carbocycles. The smallest absolute Gasteiger partial charge is 0.251 e. The fourth-order valence-corrected chi connectivity index (χ4v) is 3.27. The summed E-state index contributed by atoms with van der Waals surface area (Å²) >= 11 is 2.81. The number of hydrogen-bond acceptors (Lipinski definition) is 3. The molecule has 5 nitrogen and oxygen atoms in total. The number of sulfonamides is 1. The molecule has 1 aliphatic carbocycles. The van der Waals surface area contributed by atoms with Gasteiger partial charge in [-0.25, -0.2) is 17.9 Å². The molecule has 0 saturated heterocycles. The van der Waals surface area contributed by atoms with Crippen molar-refractivity contribution in [2.75, 3.05) is 0 Å². The number of carbonyl (C=O) groups is 1. The van der Waals surface area contributed by atoms with Gasteiger partial charge in [-0.2, -0.15) is 0 Å². The monoisotopic (exact) mass is 350 g/mol. The Morgan fingerprint density at radius 1 is 1.42 bits per heavy atom. The molecule has 0 heterocycles. The summed E-state index contributed by atoms with van der Waals surface area (Å²) in [5, 5.41) is 7.68. The molecule has 3 N–H and O–H groups in total. The second-order valence-corrected chi connectivity index (χ2v) is 6.74. The maximum atomic E-state index is 13.6. The van der Waals surface area contributed by atoms with Crippen molar-refractivity contribution in [2.24, 2.45) is 5.14 Å². The molecule has 0 atom stereocenters. The normalized spacial score (nSPS) is 15.9. The van der Waals surface area contributed by atoms with Gasteiger partial charge in [-0.15, -0.1) is 0 Å². The lowest BCUT2D eigenvalue weighted by molar-refractivity contribution is 0.0916. The number of carbonyl (C=O) groups excluding carboxylic acids is 1. The van der Waals surface area contributed by atoms with Crippen LogP contribution in [0.3, 0.4) is 0 Å². The third kappa shape index (κ3) is 3.13. The first-order valence-electron chi connectivity index (χ1n) is 5.62. The summed E-state index contributed by atoms with van der Waals surface area (Å²) < 4.78 is 36.0. The predicted molar refractivity (Wildman–Crippen MR) is 70.6 cm³/mol. The zero-order valence-corrected chi connectivity index (χ0v) is 12.2. The van der Waals surface area contributed by atoms with E-state index >= 15 is 0 Å². The molecule has 1 saturated carbocycles. The Morgan fingerprint density at radius 2 is 2.05 bits per heavy atom. The number of halogens is 2. The van der Waals surface area contributed by atoms with Gasteiger partial charge in [-0.1, -0.05) is 0 Å². The second kappa shape index (κ2) is 5.18. The summed E-state index contributed by atoms with van der Waals surface area (Å²) in [4.78, 5) is 11.4. The van der Waals surface area contributed by atoms with Crippen LogP contribution in [0.15, 0.2) is 21.5 Å². The van der Waals surface area contributed by atoms with E-state index in [9.17, 15) is 17.6 Å². The Kier molecular flexibility index (Phi) is 3.93. The lowest BCUT2D eigenvalue weighted by Gasteiger charge is -2.26. The van der Waals surface area contributed by atoms with Crippen LogP contribution in [0.2, 0.25) is 0 Å². The average molecular weight is 351 g/mol. The summed E-state index contributed by atoms with van der Waals surface area (Å²) in [6.07, 6.45) is 2.81. The Morgan fingerprint density at radius 3 is 2.53 bits per heavy atom. The maximum absolute atomic E-state index is 13.6. The van der Waals surface area contributed by atoms with Crippen molar-refractivity contribution in [3.05, 3.63) is 28.0 Å². The van der Waals surface area contributed by atoms with Crippen molar-refractivity contribution in [1.82, 2.24) is 5.32 Å². The minimum atomic E-state index is -4.10. The van der Waals surface area contributed by atoms with E-state index in [0.717, 1.165) is 31.4 Å². The second-order valence-electron chi connectivity index (χ2n) is 4.42. The molecule has 19 heavy (non-hydrogen) atoms. The van der Waals surface area contributed by atoms with Gasteiger partial charge in [-0.3, -0.25) is 4.79 Å². The highest BCUT2D eigenvalue weighted by molar-refractivity contribution is 9.10. The zero-order valence-electron chi connectivity index (χ0n) is 9.82. The molecule has 0 unspecified atom stereocenters. The van der Waals surface area contributed by atoms with E-state index in [-0.39, 0.29) is 16.1 Å². The molecule has 1 aromatic rings. The van der Waals surface area contributed by atoms with Gasteiger partial charge in [0, 0.05) is 11.6 Å². The third-order valence-electron chi connectivity index (χ3n) is 3.00. The third-order valence-corrected chi connectivity index (χ3v) is 5.01. The number of nitrogens with one attached hydrogen (secondary N) is 1. The van der Waals surface area contributed by atoms with E-state index in [1.165, 1.54) is 0 Å². The molecule has 1 amide bonds. The van der Waals surface area contributed by atoms with Crippen LogP contribution in [0.1, 0.15) is 29.6 Å². The van der Waals surface area contributed by atoms with E-state index in [4.69, 9.17) is 5.14 Å². The van der Waals surface area contributed by atoms with Gasteiger partial charge < -0.3 is 5.32 Å². The van der Waals surface area contributed by atoms with E-state index in [1.54, 1.807) is 0 Å². The number of primary sulfonamides is 1. The molecule has 2 rings (SSSR count). The van der Waals surface area contributed by atoms with Crippen molar-refractivity contribution >= 4 is 31.9 Å². The molecule has 1 aliphatic rings. The largest absolute Gasteiger partial charge is 0.349 e. The van der Waals surface area contributed by atoms with E-state index in [2.05, 4.69) is 21.2 Å². The van der Waals surface area contributed by atoms with Crippen molar-refractivity contribution in [2.45, 2.75) is 30.2 Å². The van der Waals surface area contributed by atoms with Gasteiger partial charge >= 0.3 is 0 Å². The Bertz CT molecular complexity index is 629. The summed E-state index contributed by atoms with van der Waals surface area (Å²) in [5.74, 6) is -1.34. The predicted octanol–water partition coefficient (Wildman–Crippen LogP) is 1.52. The van der Waals surface area contributed by atoms with Gasteiger partial charge in [0.2, 0.25) is 10.0 Å². The summed E-state index contributed by atoms with van der Waals surface area (Å²) in [6, 6.07) is 2.13. The molecular weight excluding hydrogens is 339 g/mol. The van der Waals surface area contributed by atoms with E-state index < -0.39 is 26.6 Å². The molecule has 0 spiro atoms. The number of benzene rings is 1. The van der Waals surface area contributed by atoms with Crippen molar-refractivity contribution < 1.29 is 17.6 Å². The summed E-state index contributed by atoms with van der Waals surface area (Å²) in [7, 11) is -4.10. The van der Waals surface area contributed by atoms with E-state index in [0.29, 0.717) is 0 Å². The average Bonchev–Trinajstić information content (AvgIpc) is 2.25. The Labute approximate surface area is 118 Å². The SMILES string of the molecule is NS(=O)(=O)c1cc(C(=O)NC2CCC2)cc(F)c1Br. The van der Waals surface area contributed by atoms with Gasteiger partial charge in [0.15, 0.2) is 0 Å². The molecule has 0 aliphatic heterocycles. The van der Waals surface area contributed by atoms with Crippen LogP contribution in [0.25, 0.3) is 0 Å². The maximum Gasteiger partial charge on any atom is 0.251 e. The molecule has 8 heteroatoms. The minimum Gasteiger partial charge on any atom is -0.349 e. The van der Waals surface area contributed by atoms with Crippen LogP contribution in [0, 0.1) is 5.82 Å². The van der Waals surface area contributed by atoms with Crippen molar-refractivity contribution in [1.29, 1.82) is 0 Å². The van der Waals surface area contributed by atoms with Gasteiger partial charge in [-0.05, 0) is 47.3 Å². The summed E-state index contributed by atoms with van der Waals surface area (Å²) in [6.45, 7) is 0. The lowest BCUT2D eigenvalue weighted by Crippen LogP contribution is -2.39. The van der Waals surface area contributed by atoms with Gasteiger partial charge in [0.25, 0.3) is 5.91 Å². The fraction of sp³-hybridized carbons (Fsp3) is 0.364. The molecule has 0 radical (unpaired) electrons. The Balaban J connectivity index is 2.36. The van der Waals surface area contributed by atoms with Crippen LogP contribution in [0.4, 0.5) is 4.39 Å². The molecular formula is C11H12BrFN2O3S. The van der Waals surface area contributed by atoms with Crippen molar-refractivity contribution in [3.8, 4) is 0 Å². The summed E-state index contributed by atoms with van der Waals surface area (Å²) in [5.41, 5.74) is -0.0587. The molecule has 0 aromatic heterocycles. The zero-order chi connectivity index (χ0) is 14.2. The first kappa shape index (κ1) is 14.4. The Hall–Kier alpha value is -0.990. The van der Waals surface area contributed by atoms with Crippen LogP contribution in [-0.2, 0) is 10.0 Å². The van der Waals surface area contributed by atoms with Crippen LogP contribution in [-0.4, -0.2) is 20.4 Å². The highest BCUT2D eigenvalue weighted by Gasteiger charge is 2.23. The van der Waals surface area contributed by atoms with Crippen LogP contribution < -0.4 is 10.5 Å². The van der Waals surface area contributed by atoms with Crippen molar-refractivity contribution in [3.63, 3.8) is 0 Å². The topological polar surface area (TPSA) is 89.3 Å². The van der Waals surface area contributed by atoms with Gasteiger partial charge in [0.05, 0.1) is 9.37 Å². The standard InChI is InChI=1S/C11H12BrFN2O3S/c12-10-8(13)4-6(5-9(10)19(14,17)18)11(16)15-7-2-1-3-7/h4-5,7H,1-3H2,(H,15,16)(H2,14,17,18). The molecule has 104 valence electrons. The first-order chi connectivity index (χ1) is 8.79. The number of amides is 1. The highest BCUT2D eigenvalue weighted by atomic mass is 79.9. The van der Waals surface area contributed by atoms with Gasteiger partial charge in [0.1, 0.15) is 5.82 Å². The van der Waals surface area contributed by atoms with E-state index in [1.807, 2.05) is 0 Å². The number of hydrogen-bond donors (Lipinski definition) is 2. The van der Waals surface area contributed by atoms with Crippen LogP contribution >= 0.6 is 15.9 Å². The quantitative estimate of drug-likeness (QED) is 0.865. The lowest BCUT2D eigenvalue weighted by atomic mass is 9.93. The number of rotatable bonds is 3. The fourth-order valence-electron chi connectivity index (χ4n) is 1.72. The number of nitrogens with two attached hydrogens (primary N) is 1. The molecule has 0 bridgehead atoms. The first-order valence-corrected chi connectivity index (χ1v) is 7.95. The minimum absolute atomic E-state index is 0.0587. The molecule has 1 fully saturated rings.